The summed E-state index contributed by atoms with van der Waals surface area (Å²) >= 11 is 0. The predicted octanol–water partition coefficient (Wildman–Crippen LogP) is 10.8. The number of hydrogen-bond donors (Lipinski definition) is 6. The number of aromatic amines is 4. The zero-order valence-corrected chi connectivity index (χ0v) is 44.7. The third-order valence-corrected chi connectivity index (χ3v) is 15.0. The number of aliphatic carboxylic acids is 1. The molecule has 0 spiro atoms. The lowest BCUT2D eigenvalue weighted by Crippen LogP contribution is -2.39. The minimum atomic E-state index is -0.827. The Morgan fingerprint density at radius 1 is 0.597 bits per heavy atom. The first kappa shape index (κ1) is 52.2. The van der Waals surface area contributed by atoms with Crippen molar-refractivity contribution >= 4 is 55.2 Å². The highest BCUT2D eigenvalue weighted by Gasteiger charge is 2.32. The molecular weight excluding hydrogens is 965 g/mol. The van der Waals surface area contributed by atoms with Crippen LogP contribution in [0.3, 0.4) is 0 Å². The molecule has 2 aliphatic rings. The molecule has 1 amide bonds. The Bertz CT molecular complexity index is 3680. The van der Waals surface area contributed by atoms with Crippen molar-refractivity contribution in [1.29, 1.82) is 0 Å². The van der Waals surface area contributed by atoms with Gasteiger partial charge in [-0.05, 0) is 142 Å². The maximum absolute atomic E-state index is 13.9. The average Bonchev–Trinajstić information content (AvgIpc) is 4.25. The number of fused-ring (bicyclic) bond motifs is 4. The number of carboxylic acids is 1. The average molecular weight is 1030 g/mol. The van der Waals surface area contributed by atoms with Gasteiger partial charge < -0.3 is 54.5 Å². The molecule has 15 nitrogen and oxygen atoms in total. The van der Waals surface area contributed by atoms with Gasteiger partial charge in [-0.3, -0.25) is 9.59 Å². The first-order valence-corrected chi connectivity index (χ1v) is 26.4. The molecule has 6 aromatic carbocycles. The predicted molar refractivity (Wildman–Crippen MR) is 307 cm³/mol. The van der Waals surface area contributed by atoms with Gasteiger partial charge in [-0.25, -0.2) is 9.97 Å². The summed E-state index contributed by atoms with van der Waals surface area (Å²) in [4.78, 5) is 54.4. The standard InChI is InChI=1S/C31H33N5O2.C19H22N4.C12H13NO3/c1-20-25(26-16-24(38-3)11-12-27(26)33-20)17-30(37)36-14-6-13-35(2)19-29(36)31-32-18-28(34-31)23-10-9-21-7-4-5-8-22(21)15-23;1-23-10-4-9-20-18(13-23)19-21-12-17(22-19)16-8-7-14-5-2-3-6-15(14)11-16;1-7-9(6-12(14)15)10-5-8(16-2)3-4-11(10)13-7/h4-5,7-12,15-16,18,29,33H,6,13-14,17,19H2,1-3H3,(H,32,34);2-3,5-8,11-12,18,20H,4,9-10,13H2,1H3,(H,21,22);3-5,13H,6H2,1-2H3,(H,14,15). The van der Waals surface area contributed by atoms with Crippen molar-refractivity contribution in [1.82, 2.24) is 49.9 Å². The molecule has 396 valence electrons. The fraction of sp³-hybridized carbons (Fsp3) is 0.290. The van der Waals surface area contributed by atoms with Crippen LogP contribution >= 0.6 is 0 Å². The molecule has 6 heterocycles. The van der Waals surface area contributed by atoms with Crippen molar-refractivity contribution in [3.63, 3.8) is 0 Å². The summed E-state index contributed by atoms with van der Waals surface area (Å²) in [6, 6.07) is 41.5. The van der Waals surface area contributed by atoms with Crippen LogP contribution in [-0.4, -0.2) is 129 Å². The van der Waals surface area contributed by atoms with E-state index in [4.69, 9.17) is 19.6 Å². The maximum Gasteiger partial charge on any atom is 0.307 e. The van der Waals surface area contributed by atoms with Crippen LogP contribution in [0.4, 0.5) is 0 Å². The monoisotopic (exact) mass is 1030 g/mol. The second-order valence-electron chi connectivity index (χ2n) is 20.4. The van der Waals surface area contributed by atoms with Crippen LogP contribution in [-0.2, 0) is 22.4 Å². The third-order valence-electron chi connectivity index (χ3n) is 15.0. The molecule has 10 aromatic rings. The van der Waals surface area contributed by atoms with Crippen molar-refractivity contribution in [2.45, 2.75) is 51.6 Å². The van der Waals surface area contributed by atoms with Gasteiger partial charge in [0.1, 0.15) is 29.2 Å². The SMILES string of the molecule is CN1CCCNC(c2ncc(-c3ccc4ccccc4c3)[nH]2)C1.COc1ccc2[nH]c(C)c(CC(=O)N3CCCN(C)CC3c3ncc(-c4ccc5ccccc5c4)[nH]3)c2c1.COc1ccc2[nH]c(C)c(CC(=O)O)c2c1. The van der Waals surface area contributed by atoms with Crippen molar-refractivity contribution < 1.29 is 24.2 Å². The number of carbonyl (C=O) groups is 2. The Kier molecular flexibility index (Phi) is 15.8. The Hall–Kier alpha value is -8.24. The maximum atomic E-state index is 13.9. The number of methoxy groups -OCH3 is 2. The Balaban J connectivity index is 0.000000146. The molecule has 77 heavy (non-hydrogen) atoms. The van der Waals surface area contributed by atoms with E-state index < -0.39 is 5.97 Å². The quantitative estimate of drug-likeness (QED) is 0.0771. The molecule has 15 heteroatoms. The molecule has 0 aliphatic carbocycles. The second kappa shape index (κ2) is 23.3. The van der Waals surface area contributed by atoms with Crippen LogP contribution in [0.2, 0.25) is 0 Å². The van der Waals surface area contributed by atoms with Gasteiger partial charge >= 0.3 is 5.97 Å². The summed E-state index contributed by atoms with van der Waals surface area (Å²) in [7, 11) is 7.55. The van der Waals surface area contributed by atoms with Gasteiger partial charge in [-0.2, -0.15) is 0 Å². The fourth-order valence-electron chi connectivity index (χ4n) is 10.8. The number of likely N-dealkylation sites (N-methyl/N-ethyl adjacent to an activating group) is 2. The summed E-state index contributed by atoms with van der Waals surface area (Å²) in [5.41, 5.74) is 10.0. The van der Waals surface area contributed by atoms with Gasteiger partial charge in [-0.15, -0.1) is 0 Å². The van der Waals surface area contributed by atoms with Gasteiger partial charge in [-0.1, -0.05) is 72.8 Å². The normalized spacial score (nSPS) is 16.4. The van der Waals surface area contributed by atoms with Crippen LogP contribution in [0.15, 0.2) is 134 Å². The molecule has 2 unspecified atom stereocenters. The number of nitrogens with one attached hydrogen (secondary N) is 5. The molecule has 4 aromatic heterocycles. The number of carbonyl (C=O) groups excluding carboxylic acids is 1. The van der Waals surface area contributed by atoms with E-state index in [1.54, 1.807) is 14.2 Å². The number of rotatable bonds is 10. The molecule has 2 fully saturated rings. The third kappa shape index (κ3) is 11.9. The van der Waals surface area contributed by atoms with E-state index in [-0.39, 0.29) is 24.4 Å². The highest BCUT2D eigenvalue weighted by Crippen LogP contribution is 2.32. The fourth-order valence-corrected chi connectivity index (χ4v) is 10.8. The van der Waals surface area contributed by atoms with E-state index in [9.17, 15) is 9.59 Å². The molecule has 6 N–H and O–H groups in total. The zero-order valence-electron chi connectivity index (χ0n) is 44.7. The van der Waals surface area contributed by atoms with Crippen LogP contribution in [0.5, 0.6) is 11.5 Å². The number of aryl methyl sites for hydroxylation is 2. The van der Waals surface area contributed by atoms with Crippen LogP contribution < -0.4 is 14.8 Å². The number of ether oxygens (including phenoxy) is 2. The summed E-state index contributed by atoms with van der Waals surface area (Å²) in [5.74, 6) is 2.66. The molecule has 0 radical (unpaired) electrons. The number of nitrogens with zero attached hydrogens (tertiary/aromatic N) is 5. The highest BCUT2D eigenvalue weighted by atomic mass is 16.5. The van der Waals surface area contributed by atoms with E-state index in [1.807, 2.05) is 67.5 Å². The number of H-pyrrole nitrogens is 4. The van der Waals surface area contributed by atoms with Gasteiger partial charge in [0.2, 0.25) is 5.91 Å². The Morgan fingerprint density at radius 3 is 1.69 bits per heavy atom. The van der Waals surface area contributed by atoms with E-state index in [1.165, 1.54) is 33.5 Å². The molecular formula is C62H68N10O5. The van der Waals surface area contributed by atoms with Gasteiger partial charge in [0.25, 0.3) is 0 Å². The van der Waals surface area contributed by atoms with Crippen molar-refractivity contribution in [2.75, 3.05) is 67.6 Å². The van der Waals surface area contributed by atoms with Gasteiger partial charge in [0, 0.05) is 64.0 Å². The van der Waals surface area contributed by atoms with Crippen molar-refractivity contribution in [3.8, 4) is 34.0 Å². The van der Waals surface area contributed by atoms with Gasteiger partial charge in [0.05, 0.1) is 56.9 Å². The largest absolute Gasteiger partial charge is 0.497 e. The summed E-state index contributed by atoms with van der Waals surface area (Å²) in [6.07, 6.45) is 6.31. The zero-order chi connectivity index (χ0) is 53.6. The first-order valence-electron chi connectivity index (χ1n) is 26.4. The Morgan fingerprint density at radius 2 is 1.12 bits per heavy atom. The van der Waals surface area contributed by atoms with Crippen LogP contribution in [0, 0.1) is 13.8 Å². The molecule has 2 aliphatic heterocycles. The molecule has 0 saturated carbocycles. The molecule has 2 atom stereocenters. The number of aromatic nitrogens is 6. The van der Waals surface area contributed by atoms with Crippen LogP contribution in [0.1, 0.15) is 59.1 Å². The topological polar surface area (TPSA) is 184 Å². The van der Waals surface area contributed by atoms with Gasteiger partial charge in [0.15, 0.2) is 0 Å². The molecule has 12 rings (SSSR count). The lowest BCUT2D eigenvalue weighted by atomic mass is 10.1. The first-order chi connectivity index (χ1) is 37.4. The number of carboxylic acid groups (broad SMARTS) is 1. The van der Waals surface area contributed by atoms with Crippen molar-refractivity contribution in [3.05, 3.63) is 168 Å². The minimum absolute atomic E-state index is 0.0268. The number of hydrogen-bond acceptors (Lipinski definition) is 9. The summed E-state index contributed by atoms with van der Waals surface area (Å²) < 4.78 is 10.6. The van der Waals surface area contributed by atoms with Crippen LogP contribution in [0.25, 0.3) is 65.9 Å². The summed E-state index contributed by atoms with van der Waals surface area (Å²) in [5, 5.41) is 19.3. The summed E-state index contributed by atoms with van der Waals surface area (Å²) in [6.45, 7) is 9.47. The minimum Gasteiger partial charge on any atom is -0.497 e. The van der Waals surface area contributed by atoms with Crippen molar-refractivity contribution in [2.24, 2.45) is 0 Å². The number of imidazole rings is 2. The Labute approximate surface area is 448 Å². The van der Waals surface area contributed by atoms with E-state index >= 15 is 0 Å². The number of amides is 1. The lowest BCUT2D eigenvalue weighted by molar-refractivity contribution is -0.136. The van der Waals surface area contributed by atoms with E-state index in [0.717, 1.165) is 124 Å². The molecule has 0 bridgehead atoms. The highest BCUT2D eigenvalue weighted by molar-refractivity contribution is 5.92. The van der Waals surface area contributed by atoms with E-state index in [0.29, 0.717) is 13.0 Å². The smallest absolute Gasteiger partial charge is 0.307 e. The van der Waals surface area contributed by atoms with E-state index in [2.05, 4.69) is 139 Å². The number of benzene rings is 6. The lowest BCUT2D eigenvalue weighted by Gasteiger charge is -2.30. The second-order valence-corrected chi connectivity index (χ2v) is 20.4. The molecule has 2 saturated heterocycles.